The van der Waals surface area contributed by atoms with E-state index in [1.807, 2.05) is 0 Å². The Morgan fingerprint density at radius 3 is 1.00 bits per heavy atom. The minimum atomic E-state index is -0.111. The molecule has 0 saturated carbocycles. The maximum absolute atomic E-state index is 7.60. The summed E-state index contributed by atoms with van der Waals surface area (Å²) in [5.41, 5.74) is 22.2. The first kappa shape index (κ1) is 39.0. The number of hydrogen-bond acceptors (Lipinski definition) is 2. The molecule has 0 atom stereocenters. The third kappa shape index (κ3) is 4.63. The summed E-state index contributed by atoms with van der Waals surface area (Å²) >= 11 is 0. The lowest BCUT2D eigenvalue weighted by Crippen LogP contribution is -2.62. The SMILES string of the molecule is Cc1c2c(cc3c1Oc1cc(-n4c5ccccc5c5ccccc54)cc4c1B3c1cccc3c5ccccc5n-4c13)B1c3c(cc(-n4c5ccccc5c5ccccc54)cc3-n3c4ccccc4c4cccc1c43)O2. The monoisotopic (exact) mass is 952 g/mol. The number of benzene rings is 11. The molecule has 11 aromatic carbocycles. The van der Waals surface area contributed by atoms with Gasteiger partial charge in [-0.3, -0.25) is 0 Å². The normalized spacial score (nSPS) is 13.6. The Morgan fingerprint density at radius 1 is 0.307 bits per heavy atom. The standard InChI is InChI=1S/C67H38B2N4O2/c1-37-66-50(68-48-24-14-22-46-44-20-6-12-30-56(44)72(64(46)48)58-32-38(34-60(74-66)62(58)68)70-52-26-8-2-16-40(52)41-17-3-9-27-53(41)70)36-51-67(37)75-61-35-39(71-54-28-10-4-18-42(54)43-19-5-11-29-55(43)71)33-59-63(61)69(51)49-25-15-23-47-45-21-7-13-31-57(45)73(59)65(47)49/h2-36H,1H3. The maximum Gasteiger partial charge on any atom is 0.256 e. The van der Waals surface area contributed by atoms with Gasteiger partial charge >= 0.3 is 0 Å². The zero-order valence-electron chi connectivity index (χ0n) is 40.5. The van der Waals surface area contributed by atoms with Crippen molar-refractivity contribution in [3.05, 3.63) is 218 Å². The third-order valence-electron chi connectivity index (χ3n) is 17.6. The summed E-state index contributed by atoms with van der Waals surface area (Å²) in [6.07, 6.45) is 0. The Kier molecular flexibility index (Phi) is 7.01. The number of hydrogen-bond donors (Lipinski definition) is 0. The lowest BCUT2D eigenvalue weighted by Gasteiger charge is -2.38. The second-order valence-corrected chi connectivity index (χ2v) is 21.1. The van der Waals surface area contributed by atoms with Crippen LogP contribution >= 0.6 is 0 Å². The van der Waals surface area contributed by atoms with Crippen molar-refractivity contribution in [1.82, 2.24) is 18.3 Å². The highest BCUT2D eigenvalue weighted by molar-refractivity contribution is 7.02. The highest BCUT2D eigenvalue weighted by Gasteiger charge is 2.47. The molecule has 0 radical (unpaired) electrons. The molecule has 344 valence electrons. The minimum absolute atomic E-state index is 0.111. The first-order valence-electron chi connectivity index (χ1n) is 26.1. The van der Waals surface area contributed by atoms with Crippen LogP contribution in [0.3, 0.4) is 0 Å². The van der Waals surface area contributed by atoms with E-state index in [0.29, 0.717) is 0 Å². The summed E-state index contributed by atoms with van der Waals surface area (Å²) in [6.45, 7) is 2.00. The molecule has 0 amide bonds. The van der Waals surface area contributed by atoms with Crippen molar-refractivity contribution in [3.8, 4) is 45.7 Å². The summed E-state index contributed by atoms with van der Waals surface area (Å²) in [7, 11) is 0. The van der Waals surface area contributed by atoms with Gasteiger partial charge in [-0.05, 0) is 88.2 Å². The van der Waals surface area contributed by atoms with Crippen LogP contribution in [0.1, 0.15) is 5.56 Å². The van der Waals surface area contributed by atoms with E-state index in [1.54, 1.807) is 0 Å². The van der Waals surface area contributed by atoms with E-state index in [2.05, 4.69) is 238 Å². The van der Waals surface area contributed by atoms with Gasteiger partial charge in [-0.25, -0.2) is 0 Å². The van der Waals surface area contributed by atoms with Crippen LogP contribution in [-0.4, -0.2) is 31.7 Å². The molecule has 0 N–H and O–H groups in total. The van der Waals surface area contributed by atoms with Crippen LogP contribution in [0.5, 0.6) is 23.0 Å². The van der Waals surface area contributed by atoms with Crippen molar-refractivity contribution >= 4 is 133 Å². The first-order valence-corrected chi connectivity index (χ1v) is 26.1. The topological polar surface area (TPSA) is 38.2 Å². The molecule has 75 heavy (non-hydrogen) atoms. The van der Waals surface area contributed by atoms with Crippen LogP contribution < -0.4 is 42.3 Å². The molecular weight excluding hydrogens is 914 g/mol. The summed E-state index contributed by atoms with van der Waals surface area (Å²) in [5, 5.41) is 9.92. The molecule has 0 fully saturated rings. The van der Waals surface area contributed by atoms with Crippen LogP contribution in [0.4, 0.5) is 0 Å². The number of fused-ring (bicyclic) bond motifs is 20. The molecule has 4 aliphatic heterocycles. The Morgan fingerprint density at radius 2 is 0.627 bits per heavy atom. The van der Waals surface area contributed by atoms with Crippen molar-refractivity contribution in [3.63, 3.8) is 0 Å². The molecule has 6 nitrogen and oxygen atoms in total. The summed E-state index contributed by atoms with van der Waals surface area (Å²) in [4.78, 5) is 0. The van der Waals surface area contributed by atoms with Gasteiger partial charge in [-0.15, -0.1) is 0 Å². The number of para-hydroxylation sites is 8. The molecule has 0 spiro atoms. The lowest BCUT2D eigenvalue weighted by molar-refractivity contribution is 0.458. The highest BCUT2D eigenvalue weighted by Crippen LogP contribution is 2.46. The van der Waals surface area contributed by atoms with E-state index in [1.165, 1.54) is 97.9 Å². The van der Waals surface area contributed by atoms with E-state index >= 15 is 0 Å². The van der Waals surface area contributed by atoms with Crippen LogP contribution in [0.15, 0.2) is 212 Å². The third-order valence-corrected chi connectivity index (χ3v) is 17.6. The molecule has 0 bridgehead atoms. The molecule has 0 saturated heterocycles. The van der Waals surface area contributed by atoms with Crippen molar-refractivity contribution in [1.29, 1.82) is 0 Å². The van der Waals surface area contributed by atoms with Crippen LogP contribution in [0, 0.1) is 6.92 Å². The fourth-order valence-corrected chi connectivity index (χ4v) is 14.7. The van der Waals surface area contributed by atoms with E-state index in [9.17, 15) is 0 Å². The number of aromatic nitrogens is 4. The van der Waals surface area contributed by atoms with Crippen molar-refractivity contribution in [2.24, 2.45) is 0 Å². The molecule has 4 aliphatic rings. The predicted octanol–water partition coefficient (Wildman–Crippen LogP) is 12.3. The van der Waals surface area contributed by atoms with Gasteiger partial charge in [0.05, 0.1) is 44.5 Å². The summed E-state index contributed by atoms with van der Waals surface area (Å²) < 4.78 is 25.1. The van der Waals surface area contributed by atoms with Gasteiger partial charge in [0, 0.05) is 83.2 Å². The number of nitrogens with zero attached hydrogens (tertiary/aromatic N) is 4. The Hall–Kier alpha value is -9.65. The van der Waals surface area contributed by atoms with Gasteiger partial charge in [-0.1, -0.05) is 152 Å². The van der Waals surface area contributed by atoms with Gasteiger partial charge in [0.1, 0.15) is 23.0 Å². The van der Waals surface area contributed by atoms with Crippen molar-refractivity contribution < 1.29 is 9.47 Å². The molecule has 19 rings (SSSR count). The van der Waals surface area contributed by atoms with Crippen molar-refractivity contribution in [2.75, 3.05) is 0 Å². The molecule has 15 aromatic rings. The lowest BCUT2D eigenvalue weighted by atomic mass is 9.31. The van der Waals surface area contributed by atoms with E-state index in [4.69, 9.17) is 9.47 Å². The molecular formula is C67H38B2N4O2. The zero-order chi connectivity index (χ0) is 48.5. The molecule has 4 aromatic heterocycles. The Bertz CT molecular complexity index is 4760. The quantitative estimate of drug-likeness (QED) is 0.162. The largest absolute Gasteiger partial charge is 0.458 e. The van der Waals surface area contributed by atoms with Crippen LogP contribution in [0.25, 0.3) is 110 Å². The minimum Gasteiger partial charge on any atom is -0.458 e. The second kappa shape index (κ2) is 13.5. The van der Waals surface area contributed by atoms with Gasteiger partial charge < -0.3 is 27.7 Å². The number of ether oxygens (including phenoxy) is 2. The van der Waals surface area contributed by atoms with E-state index < -0.39 is 0 Å². The van der Waals surface area contributed by atoms with Gasteiger partial charge in [0.15, 0.2) is 0 Å². The second-order valence-electron chi connectivity index (χ2n) is 21.1. The Labute approximate surface area is 429 Å². The highest BCUT2D eigenvalue weighted by atomic mass is 16.5. The van der Waals surface area contributed by atoms with E-state index in [0.717, 1.165) is 73.4 Å². The molecule has 8 heteroatoms. The van der Waals surface area contributed by atoms with E-state index in [-0.39, 0.29) is 13.4 Å². The maximum atomic E-state index is 7.60. The van der Waals surface area contributed by atoms with Crippen molar-refractivity contribution in [2.45, 2.75) is 6.92 Å². The van der Waals surface area contributed by atoms with Gasteiger partial charge in [0.25, 0.3) is 13.4 Å². The predicted molar refractivity (Wildman–Crippen MR) is 311 cm³/mol. The average Bonchev–Trinajstić information content (AvgIpc) is 4.27. The van der Waals surface area contributed by atoms with Gasteiger partial charge in [-0.2, -0.15) is 0 Å². The molecule has 0 aliphatic carbocycles. The smallest absolute Gasteiger partial charge is 0.256 e. The summed E-state index contributed by atoms with van der Waals surface area (Å²) in [5.74, 6) is 3.46. The number of rotatable bonds is 2. The molecule has 0 unspecified atom stereocenters. The fourth-order valence-electron chi connectivity index (χ4n) is 14.7. The first-order chi connectivity index (χ1) is 37.2. The zero-order valence-corrected chi connectivity index (χ0v) is 40.5. The van der Waals surface area contributed by atoms with Crippen LogP contribution in [0.2, 0.25) is 0 Å². The fraction of sp³-hybridized carbons (Fsp3) is 0.0149. The van der Waals surface area contributed by atoms with Gasteiger partial charge in [0.2, 0.25) is 0 Å². The summed E-state index contributed by atoms with van der Waals surface area (Å²) in [6, 6.07) is 78.6. The average molecular weight is 953 g/mol. The molecule has 8 heterocycles. The van der Waals surface area contributed by atoms with Crippen LogP contribution in [-0.2, 0) is 0 Å². The Balaban J connectivity index is 0.912.